The van der Waals surface area contributed by atoms with Crippen molar-refractivity contribution in [2.45, 2.75) is 33.1 Å². The summed E-state index contributed by atoms with van der Waals surface area (Å²) in [7, 11) is -2.85. The minimum absolute atomic E-state index is 0.0667. The topological polar surface area (TPSA) is 66.5 Å². The van der Waals surface area contributed by atoms with E-state index in [0.29, 0.717) is 13.0 Å². The van der Waals surface area contributed by atoms with E-state index in [1.54, 1.807) is 4.90 Å². The summed E-state index contributed by atoms with van der Waals surface area (Å²) in [5, 5.41) is 2.85. The fraction of sp³-hybridized carbons (Fsp3) is 0.917. The second kappa shape index (κ2) is 6.97. The van der Waals surface area contributed by atoms with Crippen LogP contribution in [0.1, 0.15) is 33.1 Å². The van der Waals surface area contributed by atoms with Crippen molar-refractivity contribution in [3.63, 3.8) is 0 Å². The smallest absolute Gasteiger partial charge is 0.317 e. The number of amides is 2. The molecule has 1 fully saturated rings. The van der Waals surface area contributed by atoms with Crippen molar-refractivity contribution < 1.29 is 13.2 Å². The van der Waals surface area contributed by atoms with Gasteiger partial charge in [-0.05, 0) is 25.2 Å². The Labute approximate surface area is 110 Å². The molecule has 0 aliphatic carbocycles. The minimum atomic E-state index is -2.85. The second-order valence-corrected chi connectivity index (χ2v) is 7.17. The molecule has 1 aliphatic heterocycles. The van der Waals surface area contributed by atoms with Gasteiger partial charge in [0.1, 0.15) is 0 Å². The van der Waals surface area contributed by atoms with E-state index in [9.17, 15) is 13.2 Å². The van der Waals surface area contributed by atoms with Crippen LogP contribution in [0, 0.1) is 5.92 Å². The fourth-order valence-corrected chi connectivity index (χ4v) is 4.09. The first-order valence-corrected chi connectivity index (χ1v) is 8.53. The number of rotatable bonds is 6. The highest BCUT2D eigenvalue weighted by atomic mass is 32.2. The highest BCUT2D eigenvalue weighted by Gasteiger charge is 2.28. The Hall–Kier alpha value is -0.780. The molecule has 106 valence electrons. The van der Waals surface area contributed by atoms with Crippen molar-refractivity contribution in [1.29, 1.82) is 0 Å². The Balaban J connectivity index is 2.35. The molecule has 1 rings (SSSR count). The molecule has 0 spiro atoms. The fourth-order valence-electron chi connectivity index (χ4n) is 2.23. The molecule has 0 bridgehead atoms. The van der Waals surface area contributed by atoms with Crippen LogP contribution < -0.4 is 5.32 Å². The first-order valence-electron chi connectivity index (χ1n) is 6.71. The summed E-state index contributed by atoms with van der Waals surface area (Å²) in [6.07, 6.45) is 2.54. The molecule has 2 amide bonds. The monoisotopic (exact) mass is 276 g/mol. The summed E-state index contributed by atoms with van der Waals surface area (Å²) in [5.41, 5.74) is 0. The van der Waals surface area contributed by atoms with Gasteiger partial charge in [0, 0.05) is 19.6 Å². The molecule has 0 aromatic heterocycles. The minimum Gasteiger partial charge on any atom is -0.338 e. The number of carbonyl (C=O) groups excluding carboxylic acids is 1. The Morgan fingerprint density at radius 1 is 1.28 bits per heavy atom. The zero-order valence-corrected chi connectivity index (χ0v) is 12.1. The van der Waals surface area contributed by atoms with Gasteiger partial charge in [-0.2, -0.15) is 0 Å². The van der Waals surface area contributed by atoms with Gasteiger partial charge in [0.25, 0.3) is 0 Å². The largest absolute Gasteiger partial charge is 0.338 e. The molecular formula is C12H24N2O3S. The first-order chi connectivity index (χ1) is 8.48. The van der Waals surface area contributed by atoms with Crippen LogP contribution in [0.3, 0.4) is 0 Å². The van der Waals surface area contributed by atoms with E-state index in [-0.39, 0.29) is 23.5 Å². The van der Waals surface area contributed by atoms with Gasteiger partial charge in [0.15, 0.2) is 9.84 Å². The van der Waals surface area contributed by atoms with Crippen LogP contribution in [-0.4, -0.2) is 50.5 Å². The molecule has 6 heteroatoms. The van der Waals surface area contributed by atoms with Crippen molar-refractivity contribution in [2.24, 2.45) is 5.92 Å². The van der Waals surface area contributed by atoms with Crippen LogP contribution in [0.2, 0.25) is 0 Å². The molecule has 1 aliphatic rings. The van der Waals surface area contributed by atoms with Gasteiger partial charge in [-0.3, -0.25) is 0 Å². The summed E-state index contributed by atoms with van der Waals surface area (Å²) in [4.78, 5) is 13.7. The lowest BCUT2D eigenvalue weighted by molar-refractivity contribution is 0.196. The molecular weight excluding hydrogens is 252 g/mol. The predicted octanol–water partition coefficient (Wildman–Crippen LogP) is 1.25. The quantitative estimate of drug-likeness (QED) is 0.794. The van der Waals surface area contributed by atoms with Gasteiger partial charge < -0.3 is 10.2 Å². The molecule has 1 atom stereocenters. The van der Waals surface area contributed by atoms with Crippen molar-refractivity contribution >= 4 is 15.9 Å². The van der Waals surface area contributed by atoms with E-state index in [0.717, 1.165) is 25.9 Å². The van der Waals surface area contributed by atoms with Crippen LogP contribution in [-0.2, 0) is 9.84 Å². The SMILES string of the molecule is CCCN(CCC)C(=O)NCC1CCS(=O)(=O)C1. The number of hydrogen-bond acceptors (Lipinski definition) is 3. The zero-order chi connectivity index (χ0) is 13.6. The average molecular weight is 276 g/mol. The van der Waals surface area contributed by atoms with Gasteiger partial charge in [0.05, 0.1) is 11.5 Å². The Morgan fingerprint density at radius 2 is 1.89 bits per heavy atom. The molecule has 18 heavy (non-hydrogen) atoms. The maximum Gasteiger partial charge on any atom is 0.317 e. The van der Waals surface area contributed by atoms with Crippen LogP contribution in [0.15, 0.2) is 0 Å². The predicted molar refractivity (Wildman–Crippen MR) is 72.3 cm³/mol. The molecule has 0 saturated carbocycles. The highest BCUT2D eigenvalue weighted by molar-refractivity contribution is 7.91. The van der Waals surface area contributed by atoms with Gasteiger partial charge in [0.2, 0.25) is 0 Å². The zero-order valence-electron chi connectivity index (χ0n) is 11.3. The third-order valence-electron chi connectivity index (χ3n) is 3.14. The van der Waals surface area contributed by atoms with Crippen LogP contribution in [0.5, 0.6) is 0 Å². The van der Waals surface area contributed by atoms with E-state index < -0.39 is 9.84 Å². The van der Waals surface area contributed by atoms with Crippen molar-refractivity contribution in [1.82, 2.24) is 10.2 Å². The lowest BCUT2D eigenvalue weighted by atomic mass is 10.1. The van der Waals surface area contributed by atoms with Gasteiger partial charge >= 0.3 is 6.03 Å². The Kier molecular flexibility index (Phi) is 5.91. The Morgan fingerprint density at radius 3 is 2.33 bits per heavy atom. The standard InChI is InChI=1S/C12H24N2O3S/c1-3-6-14(7-4-2)12(15)13-9-11-5-8-18(16,17)10-11/h11H,3-10H2,1-2H3,(H,13,15). The van der Waals surface area contributed by atoms with E-state index in [1.807, 2.05) is 13.8 Å². The summed E-state index contributed by atoms with van der Waals surface area (Å²) < 4.78 is 22.6. The first kappa shape index (κ1) is 15.3. The van der Waals surface area contributed by atoms with Gasteiger partial charge in [-0.15, -0.1) is 0 Å². The van der Waals surface area contributed by atoms with Crippen LogP contribution in [0.25, 0.3) is 0 Å². The van der Waals surface area contributed by atoms with Gasteiger partial charge in [-0.1, -0.05) is 13.8 Å². The summed E-state index contributed by atoms with van der Waals surface area (Å²) >= 11 is 0. The molecule has 0 aromatic rings. The molecule has 1 unspecified atom stereocenters. The average Bonchev–Trinajstić information content (AvgIpc) is 2.66. The van der Waals surface area contributed by atoms with Gasteiger partial charge in [-0.25, -0.2) is 13.2 Å². The third-order valence-corrected chi connectivity index (χ3v) is 4.98. The van der Waals surface area contributed by atoms with Crippen molar-refractivity contribution in [2.75, 3.05) is 31.1 Å². The lowest BCUT2D eigenvalue weighted by Gasteiger charge is -2.22. The molecule has 1 N–H and O–H groups in total. The summed E-state index contributed by atoms with van der Waals surface area (Å²) in [6.45, 7) is 6.06. The van der Waals surface area contributed by atoms with E-state index in [2.05, 4.69) is 5.32 Å². The molecule has 5 nitrogen and oxygen atoms in total. The normalized spacial score (nSPS) is 21.8. The van der Waals surface area contributed by atoms with Crippen LogP contribution >= 0.6 is 0 Å². The molecule has 1 saturated heterocycles. The Bertz CT molecular complexity index is 362. The van der Waals surface area contributed by atoms with E-state index in [1.165, 1.54) is 0 Å². The van der Waals surface area contributed by atoms with E-state index in [4.69, 9.17) is 0 Å². The number of carbonyl (C=O) groups is 1. The lowest BCUT2D eigenvalue weighted by Crippen LogP contribution is -2.42. The number of nitrogens with one attached hydrogen (secondary N) is 1. The summed E-state index contributed by atoms with van der Waals surface area (Å²) in [5.74, 6) is 0.569. The molecule has 0 aromatic carbocycles. The number of urea groups is 1. The molecule has 0 radical (unpaired) electrons. The highest BCUT2D eigenvalue weighted by Crippen LogP contribution is 2.17. The number of hydrogen-bond donors (Lipinski definition) is 1. The maximum absolute atomic E-state index is 11.9. The van der Waals surface area contributed by atoms with Crippen LogP contribution in [0.4, 0.5) is 4.79 Å². The van der Waals surface area contributed by atoms with E-state index >= 15 is 0 Å². The number of nitrogens with zero attached hydrogens (tertiary/aromatic N) is 1. The molecule has 1 heterocycles. The van der Waals surface area contributed by atoms with Crippen molar-refractivity contribution in [3.05, 3.63) is 0 Å². The number of sulfone groups is 1. The second-order valence-electron chi connectivity index (χ2n) is 4.94. The third kappa shape index (κ3) is 4.84. The van der Waals surface area contributed by atoms with Crippen molar-refractivity contribution in [3.8, 4) is 0 Å². The summed E-state index contributed by atoms with van der Waals surface area (Å²) in [6, 6.07) is -0.0667. The maximum atomic E-state index is 11.9.